The molecule has 2 N–H and O–H groups in total. The highest BCUT2D eigenvalue weighted by atomic mass is 16.5. The van der Waals surface area contributed by atoms with Crippen LogP contribution >= 0.6 is 0 Å². The minimum atomic E-state index is -0.611. The molecule has 2 aromatic rings. The molecule has 0 spiro atoms. The summed E-state index contributed by atoms with van der Waals surface area (Å²) in [5.74, 6) is 0.222. The molecule has 0 bridgehead atoms. The van der Waals surface area contributed by atoms with Gasteiger partial charge in [0.1, 0.15) is 6.10 Å². The number of rotatable bonds is 2. The number of carbonyl (C=O) groups excluding carboxylic acids is 1. The van der Waals surface area contributed by atoms with E-state index >= 15 is 0 Å². The van der Waals surface area contributed by atoms with E-state index in [0.717, 1.165) is 0 Å². The van der Waals surface area contributed by atoms with Gasteiger partial charge in [0.15, 0.2) is 28.8 Å². The molecule has 2 aromatic carbocycles. The number of methoxy groups -OCH3 is 1. The maximum atomic E-state index is 12.2. The Morgan fingerprint density at radius 1 is 1.14 bits per heavy atom. The van der Waals surface area contributed by atoms with Gasteiger partial charge in [-0.05, 0) is 18.2 Å². The number of hydrogen-bond donors (Lipinski definition) is 2. The third-order valence-electron chi connectivity index (χ3n) is 3.50. The molecule has 1 aliphatic rings. The van der Waals surface area contributed by atoms with E-state index in [2.05, 4.69) is 0 Å². The number of Topliss-reactive ketones (excluding diaryl/α,β-unsaturated/α-hetero) is 1. The third-order valence-corrected chi connectivity index (χ3v) is 3.50. The van der Waals surface area contributed by atoms with Crippen LogP contribution in [0.15, 0.2) is 36.4 Å². The quantitative estimate of drug-likeness (QED) is 0.887. The van der Waals surface area contributed by atoms with Crippen LogP contribution in [0.5, 0.6) is 23.0 Å². The Hall–Kier alpha value is -2.69. The fourth-order valence-electron chi connectivity index (χ4n) is 2.52. The fourth-order valence-corrected chi connectivity index (χ4v) is 2.52. The zero-order valence-corrected chi connectivity index (χ0v) is 11.4. The first-order valence-electron chi connectivity index (χ1n) is 6.49. The van der Waals surface area contributed by atoms with Gasteiger partial charge in [0, 0.05) is 5.56 Å². The summed E-state index contributed by atoms with van der Waals surface area (Å²) >= 11 is 0. The van der Waals surface area contributed by atoms with Crippen LogP contribution < -0.4 is 9.47 Å². The van der Waals surface area contributed by atoms with Crippen molar-refractivity contribution in [2.24, 2.45) is 0 Å². The maximum absolute atomic E-state index is 12.2. The van der Waals surface area contributed by atoms with Gasteiger partial charge in [-0.15, -0.1) is 0 Å². The van der Waals surface area contributed by atoms with Crippen molar-refractivity contribution in [2.75, 3.05) is 7.11 Å². The van der Waals surface area contributed by atoms with E-state index in [4.69, 9.17) is 9.47 Å². The van der Waals surface area contributed by atoms with Gasteiger partial charge in [0.2, 0.25) is 0 Å². The minimum Gasteiger partial charge on any atom is -0.504 e. The van der Waals surface area contributed by atoms with Gasteiger partial charge in [0.25, 0.3) is 0 Å². The van der Waals surface area contributed by atoms with Crippen molar-refractivity contribution in [3.05, 3.63) is 47.5 Å². The first-order valence-corrected chi connectivity index (χ1v) is 6.49. The number of phenolic OH excluding ortho intramolecular Hbond substituents is 2. The number of aromatic hydroxyl groups is 2. The molecule has 0 saturated heterocycles. The lowest BCUT2D eigenvalue weighted by Crippen LogP contribution is -2.20. The van der Waals surface area contributed by atoms with E-state index in [1.54, 1.807) is 24.3 Å². The first kappa shape index (κ1) is 13.3. The Kier molecular flexibility index (Phi) is 3.17. The summed E-state index contributed by atoms with van der Waals surface area (Å²) in [6, 6.07) is 9.56. The first-order chi connectivity index (χ1) is 10.1. The van der Waals surface area contributed by atoms with Crippen molar-refractivity contribution >= 4 is 5.78 Å². The van der Waals surface area contributed by atoms with Crippen molar-refractivity contribution in [3.63, 3.8) is 0 Å². The van der Waals surface area contributed by atoms with Gasteiger partial charge < -0.3 is 19.7 Å². The number of hydrogen-bond acceptors (Lipinski definition) is 5. The molecule has 108 valence electrons. The molecule has 5 heteroatoms. The SMILES string of the molecule is COc1c(O)cccc1C1CC(=O)c2cccc(O)c2O1. The molecule has 0 saturated carbocycles. The zero-order valence-electron chi connectivity index (χ0n) is 11.4. The monoisotopic (exact) mass is 286 g/mol. The predicted molar refractivity (Wildman–Crippen MR) is 75.1 cm³/mol. The van der Waals surface area contributed by atoms with Crippen molar-refractivity contribution in [1.82, 2.24) is 0 Å². The molecule has 0 aromatic heterocycles. The molecular formula is C16H14O5. The summed E-state index contributed by atoms with van der Waals surface area (Å²) in [7, 11) is 1.44. The van der Waals surface area contributed by atoms with E-state index in [1.807, 2.05) is 0 Å². The van der Waals surface area contributed by atoms with Gasteiger partial charge in [0.05, 0.1) is 19.1 Å². The van der Waals surface area contributed by atoms with Gasteiger partial charge in [-0.1, -0.05) is 18.2 Å². The van der Waals surface area contributed by atoms with Crippen molar-refractivity contribution in [2.45, 2.75) is 12.5 Å². The molecule has 0 radical (unpaired) electrons. The third kappa shape index (κ3) is 2.16. The van der Waals surface area contributed by atoms with E-state index < -0.39 is 6.10 Å². The summed E-state index contributed by atoms with van der Waals surface area (Å²) in [5.41, 5.74) is 0.935. The van der Waals surface area contributed by atoms with Crippen molar-refractivity contribution in [3.8, 4) is 23.0 Å². The molecular weight excluding hydrogens is 272 g/mol. The van der Waals surface area contributed by atoms with Crippen molar-refractivity contribution in [1.29, 1.82) is 0 Å². The van der Waals surface area contributed by atoms with E-state index in [-0.39, 0.29) is 35.2 Å². The maximum Gasteiger partial charge on any atom is 0.172 e. The predicted octanol–water partition coefficient (Wildman–Crippen LogP) is 2.81. The molecule has 0 amide bonds. The second-order valence-corrected chi connectivity index (χ2v) is 4.79. The zero-order chi connectivity index (χ0) is 15.0. The molecule has 0 aliphatic carbocycles. The second-order valence-electron chi connectivity index (χ2n) is 4.79. The largest absolute Gasteiger partial charge is 0.504 e. The van der Waals surface area contributed by atoms with Gasteiger partial charge in [-0.2, -0.15) is 0 Å². The van der Waals surface area contributed by atoms with E-state index in [1.165, 1.54) is 19.2 Å². The number of ketones is 1. The van der Waals surface area contributed by atoms with Crippen LogP contribution in [0.25, 0.3) is 0 Å². The lowest BCUT2D eigenvalue weighted by Gasteiger charge is -2.27. The number of ether oxygens (including phenoxy) is 2. The molecule has 21 heavy (non-hydrogen) atoms. The normalized spacial score (nSPS) is 17.0. The van der Waals surface area contributed by atoms with Gasteiger partial charge in [-0.25, -0.2) is 0 Å². The smallest absolute Gasteiger partial charge is 0.172 e. The summed E-state index contributed by atoms with van der Waals surface area (Å²) in [5, 5.41) is 19.7. The Bertz CT molecular complexity index is 708. The van der Waals surface area contributed by atoms with Crippen LogP contribution in [0.3, 0.4) is 0 Å². The topological polar surface area (TPSA) is 76.0 Å². The van der Waals surface area contributed by atoms with Gasteiger partial charge >= 0.3 is 0 Å². The average Bonchev–Trinajstić information content (AvgIpc) is 2.48. The molecule has 1 heterocycles. The molecule has 1 unspecified atom stereocenters. The Morgan fingerprint density at radius 3 is 2.62 bits per heavy atom. The lowest BCUT2D eigenvalue weighted by molar-refractivity contribution is 0.0838. The molecule has 0 fully saturated rings. The summed E-state index contributed by atoms with van der Waals surface area (Å²) in [4.78, 5) is 12.2. The minimum absolute atomic E-state index is 0.0193. The molecule has 3 rings (SSSR count). The van der Waals surface area contributed by atoms with Crippen LogP contribution in [0, 0.1) is 0 Å². The molecule has 1 atom stereocenters. The summed E-state index contributed by atoms with van der Waals surface area (Å²) < 4.78 is 10.9. The standard InChI is InChI=1S/C16H14O5/c1-20-15-10(5-3-6-11(15)17)14-8-13(19)9-4-2-7-12(18)16(9)21-14/h2-7,14,17-18H,8H2,1H3. The highest BCUT2D eigenvalue weighted by Gasteiger charge is 2.31. The number of fused-ring (bicyclic) bond motifs is 1. The Labute approximate surface area is 121 Å². The second kappa shape index (κ2) is 5.01. The Balaban J connectivity index is 2.06. The van der Waals surface area contributed by atoms with Gasteiger partial charge in [-0.3, -0.25) is 4.79 Å². The van der Waals surface area contributed by atoms with Crippen molar-refractivity contribution < 1.29 is 24.5 Å². The number of phenols is 2. The summed E-state index contributed by atoms with van der Waals surface area (Å²) in [6.07, 6.45) is -0.489. The van der Waals surface area contributed by atoms with Crippen LogP contribution in [0.4, 0.5) is 0 Å². The molecule has 5 nitrogen and oxygen atoms in total. The number of carbonyl (C=O) groups is 1. The van der Waals surface area contributed by atoms with E-state index in [9.17, 15) is 15.0 Å². The lowest BCUT2D eigenvalue weighted by atomic mass is 9.95. The highest BCUT2D eigenvalue weighted by molar-refractivity contribution is 6.00. The number of benzene rings is 2. The fraction of sp³-hybridized carbons (Fsp3) is 0.188. The average molecular weight is 286 g/mol. The highest BCUT2D eigenvalue weighted by Crippen LogP contribution is 2.44. The number of para-hydroxylation sites is 2. The van der Waals surface area contributed by atoms with Crippen LogP contribution in [0.2, 0.25) is 0 Å². The Morgan fingerprint density at radius 2 is 1.86 bits per heavy atom. The van der Waals surface area contributed by atoms with E-state index in [0.29, 0.717) is 11.1 Å². The molecule has 1 aliphatic heterocycles. The summed E-state index contributed by atoms with van der Waals surface area (Å²) in [6.45, 7) is 0. The van der Waals surface area contributed by atoms with Crippen LogP contribution in [0.1, 0.15) is 28.4 Å². The van der Waals surface area contributed by atoms with Crippen LogP contribution in [-0.4, -0.2) is 23.1 Å². The van der Waals surface area contributed by atoms with Crippen LogP contribution in [-0.2, 0) is 0 Å².